The van der Waals surface area contributed by atoms with Crippen LogP contribution in [0.25, 0.3) is 5.78 Å². The summed E-state index contributed by atoms with van der Waals surface area (Å²) in [5.41, 5.74) is 3.61. The Kier molecular flexibility index (Phi) is 6.71. The molecule has 0 atom stereocenters. The molecule has 0 saturated heterocycles. The van der Waals surface area contributed by atoms with Gasteiger partial charge in [-0.25, -0.2) is 9.50 Å². The van der Waals surface area contributed by atoms with Gasteiger partial charge in [-0.2, -0.15) is 10.1 Å². The molecule has 1 amide bonds. The highest BCUT2D eigenvalue weighted by Crippen LogP contribution is 2.33. The maximum Gasteiger partial charge on any atom is 0.252 e. The fourth-order valence-corrected chi connectivity index (χ4v) is 5.57. The molecule has 0 unspecified atom stereocenters. The van der Waals surface area contributed by atoms with Crippen LogP contribution in [0.15, 0.2) is 28.9 Å². The number of nitrogens with zero attached hydrogens (tertiary/aromatic N) is 6. The van der Waals surface area contributed by atoms with Crippen LogP contribution in [0.2, 0.25) is 10.0 Å². The Morgan fingerprint density at radius 1 is 1.19 bits per heavy atom. The van der Waals surface area contributed by atoms with Crippen molar-refractivity contribution in [2.75, 3.05) is 5.32 Å². The van der Waals surface area contributed by atoms with E-state index in [0.29, 0.717) is 39.5 Å². The molecule has 0 radical (unpaired) electrons. The van der Waals surface area contributed by atoms with E-state index in [2.05, 4.69) is 30.6 Å². The largest absolute Gasteiger partial charge is 0.300 e. The summed E-state index contributed by atoms with van der Waals surface area (Å²) in [5, 5.41) is 16.8. The van der Waals surface area contributed by atoms with E-state index in [-0.39, 0.29) is 5.91 Å². The van der Waals surface area contributed by atoms with Gasteiger partial charge in [-0.15, -0.1) is 10.2 Å². The molecule has 0 spiro atoms. The van der Waals surface area contributed by atoms with Gasteiger partial charge in [0.1, 0.15) is 6.33 Å². The Morgan fingerprint density at radius 3 is 2.74 bits per heavy atom. The Bertz CT molecular complexity index is 1240. The molecular weight excluding hydrogens is 477 g/mol. The molecule has 1 N–H and O–H groups in total. The molecule has 31 heavy (non-hydrogen) atoms. The summed E-state index contributed by atoms with van der Waals surface area (Å²) in [7, 11) is 0. The topological polar surface area (TPSA) is 98.0 Å². The number of aromatic nitrogens is 6. The van der Waals surface area contributed by atoms with Crippen molar-refractivity contribution in [2.24, 2.45) is 0 Å². The maximum absolute atomic E-state index is 12.4. The summed E-state index contributed by atoms with van der Waals surface area (Å²) in [6.07, 6.45) is 2.30. The van der Waals surface area contributed by atoms with Crippen LogP contribution >= 0.6 is 46.3 Å². The molecule has 160 valence electrons. The number of benzene rings is 1. The minimum Gasteiger partial charge on any atom is -0.300 e. The molecule has 4 rings (SSSR count). The Morgan fingerprint density at radius 2 is 1.97 bits per heavy atom. The van der Waals surface area contributed by atoms with Crippen LogP contribution in [0.5, 0.6) is 0 Å². The number of thioether (sulfide) groups is 1. The number of anilines is 1. The maximum atomic E-state index is 12.4. The van der Waals surface area contributed by atoms with Crippen molar-refractivity contribution >= 4 is 63.1 Å². The second-order valence-corrected chi connectivity index (χ2v) is 9.66. The summed E-state index contributed by atoms with van der Waals surface area (Å²) >= 11 is 15.2. The van der Waals surface area contributed by atoms with Gasteiger partial charge in [-0.3, -0.25) is 4.79 Å². The molecular formula is C19H17Cl2N7OS2. The van der Waals surface area contributed by atoms with E-state index in [1.807, 2.05) is 13.8 Å². The zero-order valence-electron chi connectivity index (χ0n) is 16.6. The highest BCUT2D eigenvalue weighted by atomic mass is 35.5. The van der Waals surface area contributed by atoms with Crippen molar-refractivity contribution in [3.63, 3.8) is 0 Å². The van der Waals surface area contributed by atoms with Gasteiger partial charge in [-0.1, -0.05) is 52.4 Å². The van der Waals surface area contributed by atoms with Crippen molar-refractivity contribution in [1.29, 1.82) is 0 Å². The summed E-state index contributed by atoms with van der Waals surface area (Å²) < 4.78 is 2.40. The van der Waals surface area contributed by atoms with E-state index in [1.165, 1.54) is 29.4 Å². The SMILES string of the molecule is Cc1nc2ncnn2c(C)c1CCC(=O)Nc1nnc(SCc2c(Cl)cccc2Cl)s1. The van der Waals surface area contributed by atoms with Gasteiger partial charge >= 0.3 is 0 Å². The van der Waals surface area contributed by atoms with Crippen molar-refractivity contribution in [3.8, 4) is 0 Å². The minimum absolute atomic E-state index is 0.140. The number of amides is 1. The summed E-state index contributed by atoms with van der Waals surface area (Å²) in [6.45, 7) is 3.86. The lowest BCUT2D eigenvalue weighted by molar-refractivity contribution is -0.116. The van der Waals surface area contributed by atoms with E-state index < -0.39 is 0 Å². The standard InChI is InChI=1S/C19H17Cl2N7OS2/c1-10-12(11(2)28-17(24-10)22-9-23-28)6-7-16(29)25-18-26-27-19(31-18)30-8-13-14(20)4-3-5-15(13)21/h3-5,9H,6-8H2,1-2H3,(H,25,26,29). The normalized spacial score (nSPS) is 11.2. The van der Waals surface area contributed by atoms with Crippen LogP contribution in [0, 0.1) is 13.8 Å². The van der Waals surface area contributed by atoms with E-state index >= 15 is 0 Å². The number of carbonyl (C=O) groups is 1. The quantitative estimate of drug-likeness (QED) is 0.292. The first-order valence-electron chi connectivity index (χ1n) is 9.27. The van der Waals surface area contributed by atoms with Crippen LogP contribution in [0.1, 0.15) is 28.9 Å². The molecule has 0 aliphatic rings. The summed E-state index contributed by atoms with van der Waals surface area (Å²) in [5.74, 6) is 0.983. The number of hydrogen-bond acceptors (Lipinski definition) is 8. The number of nitrogens with one attached hydrogen (secondary N) is 1. The third kappa shape index (κ3) is 4.98. The first-order chi connectivity index (χ1) is 14.9. The first kappa shape index (κ1) is 21.9. The van der Waals surface area contributed by atoms with Crippen LogP contribution in [0.4, 0.5) is 5.13 Å². The van der Waals surface area contributed by atoms with Crippen LogP contribution in [-0.4, -0.2) is 35.7 Å². The molecule has 0 fully saturated rings. The van der Waals surface area contributed by atoms with Crippen molar-refractivity contribution < 1.29 is 4.79 Å². The average molecular weight is 494 g/mol. The van der Waals surface area contributed by atoms with Crippen LogP contribution in [0.3, 0.4) is 0 Å². The van der Waals surface area contributed by atoms with E-state index in [1.54, 1.807) is 22.7 Å². The lowest BCUT2D eigenvalue weighted by atomic mass is 10.1. The lowest BCUT2D eigenvalue weighted by Gasteiger charge is -2.09. The Balaban J connectivity index is 1.34. The molecule has 0 aliphatic carbocycles. The minimum atomic E-state index is -0.140. The van der Waals surface area contributed by atoms with E-state index in [9.17, 15) is 4.79 Å². The fraction of sp³-hybridized carbons (Fsp3) is 0.263. The fourth-order valence-electron chi connectivity index (χ4n) is 3.06. The van der Waals surface area contributed by atoms with Crippen molar-refractivity contribution in [2.45, 2.75) is 36.8 Å². The lowest BCUT2D eigenvalue weighted by Crippen LogP contribution is -2.14. The van der Waals surface area contributed by atoms with E-state index in [4.69, 9.17) is 23.2 Å². The molecule has 8 nitrogen and oxygen atoms in total. The highest BCUT2D eigenvalue weighted by Gasteiger charge is 2.14. The molecule has 0 saturated carbocycles. The predicted octanol–water partition coefficient (Wildman–Crippen LogP) is 4.76. The number of halogens is 2. The third-order valence-electron chi connectivity index (χ3n) is 4.65. The Hall–Kier alpha value is -2.27. The summed E-state index contributed by atoms with van der Waals surface area (Å²) in [6, 6.07) is 5.41. The van der Waals surface area contributed by atoms with Crippen molar-refractivity contribution in [1.82, 2.24) is 29.8 Å². The number of carbonyl (C=O) groups excluding carboxylic acids is 1. The molecule has 3 heterocycles. The number of rotatable bonds is 7. The van der Waals surface area contributed by atoms with Gasteiger partial charge in [0.2, 0.25) is 11.0 Å². The molecule has 3 aromatic heterocycles. The first-order valence-corrected chi connectivity index (χ1v) is 11.8. The number of fused-ring (bicyclic) bond motifs is 1. The third-order valence-corrected chi connectivity index (χ3v) is 7.35. The number of hydrogen-bond donors (Lipinski definition) is 1. The van der Waals surface area contributed by atoms with Crippen LogP contribution in [-0.2, 0) is 17.0 Å². The molecule has 0 aliphatic heterocycles. The van der Waals surface area contributed by atoms with Gasteiger partial charge in [-0.05, 0) is 43.5 Å². The van der Waals surface area contributed by atoms with Crippen molar-refractivity contribution in [3.05, 3.63) is 57.1 Å². The highest BCUT2D eigenvalue weighted by molar-refractivity contribution is 8.00. The monoisotopic (exact) mass is 493 g/mol. The average Bonchev–Trinajstić information content (AvgIpc) is 3.37. The van der Waals surface area contributed by atoms with Gasteiger partial charge in [0, 0.05) is 33.6 Å². The van der Waals surface area contributed by atoms with Gasteiger partial charge in [0.15, 0.2) is 4.34 Å². The predicted molar refractivity (Wildman–Crippen MR) is 123 cm³/mol. The summed E-state index contributed by atoms with van der Waals surface area (Å²) in [4.78, 5) is 21.0. The second kappa shape index (κ2) is 9.47. The molecule has 4 aromatic rings. The number of aryl methyl sites for hydroxylation is 2. The molecule has 12 heteroatoms. The molecule has 1 aromatic carbocycles. The smallest absolute Gasteiger partial charge is 0.252 e. The van der Waals surface area contributed by atoms with Crippen LogP contribution < -0.4 is 5.32 Å². The zero-order chi connectivity index (χ0) is 22.0. The van der Waals surface area contributed by atoms with Gasteiger partial charge in [0.25, 0.3) is 5.78 Å². The second-order valence-electron chi connectivity index (χ2n) is 6.64. The molecule has 0 bridgehead atoms. The van der Waals surface area contributed by atoms with Gasteiger partial charge < -0.3 is 5.32 Å². The Labute approximate surface area is 196 Å². The van der Waals surface area contributed by atoms with Gasteiger partial charge in [0.05, 0.1) is 0 Å². The zero-order valence-corrected chi connectivity index (χ0v) is 19.7. The van der Waals surface area contributed by atoms with E-state index in [0.717, 1.165) is 26.9 Å².